The van der Waals surface area contributed by atoms with Crippen molar-refractivity contribution in [2.24, 2.45) is 0 Å². The van der Waals surface area contributed by atoms with Crippen LogP contribution in [-0.2, 0) is 22.6 Å². The molecule has 3 rings (SSSR count). The smallest absolute Gasteiger partial charge is 0.310 e. The molecule has 0 spiro atoms. The number of carbonyl (C=O) groups is 1. The highest BCUT2D eigenvalue weighted by atomic mass is 35.5. The van der Waals surface area contributed by atoms with Gasteiger partial charge in [-0.1, -0.05) is 11.6 Å². The summed E-state index contributed by atoms with van der Waals surface area (Å²) in [6.45, 7) is -0.130. The lowest BCUT2D eigenvalue weighted by atomic mass is 10.1. The van der Waals surface area contributed by atoms with Crippen molar-refractivity contribution in [1.82, 2.24) is 10.2 Å². The first-order valence-electron chi connectivity index (χ1n) is 7.00. The van der Waals surface area contributed by atoms with E-state index in [1.54, 1.807) is 30.3 Å². The van der Waals surface area contributed by atoms with Crippen molar-refractivity contribution in [3.8, 4) is 17.4 Å². The molecule has 0 atom stereocenters. The SMILES string of the molecule is COc1ccc(Cl)cc1CC(=O)OCc1nnc(-c2ccco2)o1. The first-order chi connectivity index (χ1) is 11.7. The van der Waals surface area contributed by atoms with Crippen molar-refractivity contribution in [2.45, 2.75) is 13.0 Å². The lowest BCUT2D eigenvalue weighted by Gasteiger charge is -2.08. The van der Waals surface area contributed by atoms with Crippen LogP contribution in [0, 0.1) is 0 Å². The Morgan fingerprint density at radius 2 is 2.17 bits per heavy atom. The summed E-state index contributed by atoms with van der Waals surface area (Å²) in [5.74, 6) is 0.946. The maximum absolute atomic E-state index is 12.0. The van der Waals surface area contributed by atoms with Gasteiger partial charge in [-0.3, -0.25) is 4.79 Å². The molecule has 124 valence electrons. The third-order valence-electron chi connectivity index (χ3n) is 3.13. The molecule has 0 aliphatic carbocycles. The number of esters is 1. The molecule has 0 bridgehead atoms. The molecule has 0 aliphatic heterocycles. The van der Waals surface area contributed by atoms with E-state index >= 15 is 0 Å². The lowest BCUT2D eigenvalue weighted by molar-refractivity contribution is -0.144. The first-order valence-corrected chi connectivity index (χ1v) is 7.38. The largest absolute Gasteiger partial charge is 0.496 e. The average Bonchev–Trinajstić information content (AvgIpc) is 3.24. The molecular weight excluding hydrogens is 336 g/mol. The molecule has 24 heavy (non-hydrogen) atoms. The maximum atomic E-state index is 12.0. The Labute approximate surface area is 142 Å². The minimum atomic E-state index is -0.465. The highest BCUT2D eigenvalue weighted by Crippen LogP contribution is 2.23. The minimum absolute atomic E-state index is 0.0168. The fourth-order valence-corrected chi connectivity index (χ4v) is 2.24. The molecule has 2 heterocycles. The Morgan fingerprint density at radius 1 is 1.29 bits per heavy atom. The quantitative estimate of drug-likeness (QED) is 0.631. The second kappa shape index (κ2) is 7.18. The van der Waals surface area contributed by atoms with Gasteiger partial charge in [0.25, 0.3) is 11.8 Å². The molecule has 0 fully saturated rings. The van der Waals surface area contributed by atoms with Gasteiger partial charge in [0.2, 0.25) is 0 Å². The van der Waals surface area contributed by atoms with E-state index in [4.69, 9.17) is 29.9 Å². The number of hydrogen-bond donors (Lipinski definition) is 0. The average molecular weight is 349 g/mol. The highest BCUT2D eigenvalue weighted by molar-refractivity contribution is 6.30. The summed E-state index contributed by atoms with van der Waals surface area (Å²) in [6.07, 6.45) is 1.51. The lowest BCUT2D eigenvalue weighted by Crippen LogP contribution is -2.09. The van der Waals surface area contributed by atoms with E-state index in [9.17, 15) is 4.79 Å². The van der Waals surface area contributed by atoms with Crippen molar-refractivity contribution < 1.29 is 23.1 Å². The van der Waals surface area contributed by atoms with Crippen molar-refractivity contribution in [1.29, 1.82) is 0 Å². The number of furan rings is 1. The van der Waals surface area contributed by atoms with E-state index in [0.29, 0.717) is 22.1 Å². The van der Waals surface area contributed by atoms with Crippen molar-refractivity contribution in [3.63, 3.8) is 0 Å². The predicted octanol–water partition coefficient (Wildman–Crippen LogP) is 3.28. The van der Waals surface area contributed by atoms with Gasteiger partial charge in [0.05, 0.1) is 19.8 Å². The van der Waals surface area contributed by atoms with E-state index in [1.807, 2.05) is 0 Å². The monoisotopic (exact) mass is 348 g/mol. The Morgan fingerprint density at radius 3 is 2.92 bits per heavy atom. The van der Waals surface area contributed by atoms with Gasteiger partial charge < -0.3 is 18.3 Å². The fourth-order valence-electron chi connectivity index (χ4n) is 2.05. The van der Waals surface area contributed by atoms with Gasteiger partial charge in [-0.05, 0) is 30.3 Å². The van der Waals surface area contributed by atoms with Crippen molar-refractivity contribution in [3.05, 3.63) is 53.1 Å². The van der Waals surface area contributed by atoms with Crippen LogP contribution in [0.2, 0.25) is 5.02 Å². The Balaban J connectivity index is 1.59. The Hall–Kier alpha value is -2.80. The number of carbonyl (C=O) groups excluding carboxylic acids is 1. The number of ether oxygens (including phenoxy) is 2. The number of hydrogen-bond acceptors (Lipinski definition) is 7. The molecule has 0 unspecified atom stereocenters. The Kier molecular flexibility index (Phi) is 4.81. The molecule has 8 heteroatoms. The molecule has 0 N–H and O–H groups in total. The van der Waals surface area contributed by atoms with Gasteiger partial charge in [0.1, 0.15) is 5.75 Å². The van der Waals surface area contributed by atoms with Gasteiger partial charge >= 0.3 is 5.97 Å². The molecule has 0 aliphatic rings. The summed E-state index contributed by atoms with van der Waals surface area (Å²) < 4.78 is 20.8. The van der Waals surface area contributed by atoms with E-state index in [-0.39, 0.29) is 24.8 Å². The van der Waals surface area contributed by atoms with Crippen LogP contribution in [0.3, 0.4) is 0 Å². The van der Waals surface area contributed by atoms with Crippen LogP contribution in [0.25, 0.3) is 11.7 Å². The van der Waals surface area contributed by atoms with Crippen molar-refractivity contribution in [2.75, 3.05) is 7.11 Å². The topological polar surface area (TPSA) is 87.6 Å². The second-order valence-corrected chi connectivity index (χ2v) is 5.21. The molecule has 0 saturated carbocycles. The van der Waals surface area contributed by atoms with Crippen LogP contribution in [0.1, 0.15) is 11.5 Å². The van der Waals surface area contributed by atoms with Crippen LogP contribution in [0.5, 0.6) is 5.75 Å². The standard InChI is InChI=1S/C16H13ClN2O5/c1-21-12-5-4-11(17)7-10(12)8-15(20)23-9-14-18-19-16(24-14)13-3-2-6-22-13/h2-7H,8-9H2,1H3. The molecule has 0 amide bonds. The van der Waals surface area contributed by atoms with E-state index in [0.717, 1.165) is 0 Å². The summed E-state index contributed by atoms with van der Waals surface area (Å²) in [7, 11) is 1.52. The summed E-state index contributed by atoms with van der Waals surface area (Å²) in [5, 5.41) is 8.13. The number of halogens is 1. The Bertz CT molecular complexity index is 829. The summed E-state index contributed by atoms with van der Waals surface area (Å²) >= 11 is 5.93. The van der Waals surface area contributed by atoms with Gasteiger partial charge in [0, 0.05) is 10.6 Å². The van der Waals surface area contributed by atoms with Crippen LogP contribution in [0.4, 0.5) is 0 Å². The first kappa shape index (κ1) is 16.1. The second-order valence-electron chi connectivity index (χ2n) is 4.77. The number of aromatic nitrogens is 2. The predicted molar refractivity (Wildman–Crippen MR) is 83.5 cm³/mol. The number of benzene rings is 1. The zero-order chi connectivity index (χ0) is 16.9. The van der Waals surface area contributed by atoms with E-state index < -0.39 is 5.97 Å². The van der Waals surface area contributed by atoms with Crippen LogP contribution in [-0.4, -0.2) is 23.3 Å². The minimum Gasteiger partial charge on any atom is -0.496 e. The zero-order valence-corrected chi connectivity index (χ0v) is 13.4. The van der Waals surface area contributed by atoms with E-state index in [1.165, 1.54) is 13.4 Å². The summed E-state index contributed by atoms with van der Waals surface area (Å²) in [5.41, 5.74) is 0.636. The maximum Gasteiger partial charge on any atom is 0.310 e. The van der Waals surface area contributed by atoms with Gasteiger partial charge in [-0.15, -0.1) is 10.2 Å². The molecule has 3 aromatic rings. The van der Waals surface area contributed by atoms with Gasteiger partial charge in [0.15, 0.2) is 12.4 Å². The number of methoxy groups -OCH3 is 1. The van der Waals surface area contributed by atoms with Crippen LogP contribution in [0.15, 0.2) is 45.4 Å². The number of rotatable bonds is 6. The molecule has 1 aromatic carbocycles. The molecule has 0 saturated heterocycles. The van der Waals surface area contributed by atoms with Gasteiger partial charge in [-0.2, -0.15) is 0 Å². The highest BCUT2D eigenvalue weighted by Gasteiger charge is 2.14. The molecular formula is C16H13ClN2O5. The van der Waals surface area contributed by atoms with Crippen LogP contribution < -0.4 is 4.74 Å². The zero-order valence-electron chi connectivity index (χ0n) is 12.7. The summed E-state index contributed by atoms with van der Waals surface area (Å²) in [4.78, 5) is 12.0. The fraction of sp³-hybridized carbons (Fsp3) is 0.188. The number of nitrogens with zero attached hydrogens (tertiary/aromatic N) is 2. The normalized spacial score (nSPS) is 10.6. The molecule has 0 radical (unpaired) electrons. The summed E-state index contributed by atoms with van der Waals surface area (Å²) in [6, 6.07) is 8.43. The molecule has 2 aromatic heterocycles. The third-order valence-corrected chi connectivity index (χ3v) is 3.37. The van der Waals surface area contributed by atoms with Crippen molar-refractivity contribution >= 4 is 17.6 Å². The van der Waals surface area contributed by atoms with Gasteiger partial charge in [-0.25, -0.2) is 0 Å². The van der Waals surface area contributed by atoms with E-state index in [2.05, 4.69) is 10.2 Å². The molecule has 7 nitrogen and oxygen atoms in total. The third kappa shape index (κ3) is 3.75. The van der Waals surface area contributed by atoms with Crippen LogP contribution >= 0.6 is 11.6 Å².